The molecule has 2 fully saturated rings. The van der Waals surface area contributed by atoms with Crippen LogP contribution in [0.2, 0.25) is 0 Å². The van der Waals surface area contributed by atoms with Gasteiger partial charge in [-0.3, -0.25) is 4.79 Å². The fraction of sp³-hybridized carbons (Fsp3) is 0.750. The Labute approximate surface area is 111 Å². The number of aliphatic carboxylic acids is 1. The molecule has 2 rings (SSSR count). The highest BCUT2D eigenvalue weighted by molar-refractivity contribution is 5.78. The summed E-state index contributed by atoms with van der Waals surface area (Å²) in [4.78, 5) is 26.4. The van der Waals surface area contributed by atoms with E-state index in [0.29, 0.717) is 19.7 Å². The summed E-state index contributed by atoms with van der Waals surface area (Å²) in [7, 11) is 0. The number of ether oxygens (including phenoxy) is 1. The summed E-state index contributed by atoms with van der Waals surface area (Å²) in [6.07, 6.45) is -0.590. The van der Waals surface area contributed by atoms with Crippen molar-refractivity contribution in [1.82, 2.24) is 9.80 Å². The lowest BCUT2D eigenvalue weighted by Crippen LogP contribution is -2.50. The maximum atomic E-state index is 12.3. The van der Waals surface area contributed by atoms with Crippen LogP contribution in [0.25, 0.3) is 0 Å². The Kier molecular flexibility index (Phi) is 3.90. The minimum absolute atomic E-state index is 0.0470. The Morgan fingerprint density at radius 2 is 2.05 bits per heavy atom. The van der Waals surface area contributed by atoms with Crippen molar-refractivity contribution in [3.8, 4) is 6.07 Å². The molecule has 2 aliphatic rings. The van der Waals surface area contributed by atoms with E-state index in [-0.39, 0.29) is 25.0 Å². The first-order valence-electron chi connectivity index (χ1n) is 6.30. The lowest BCUT2D eigenvalue weighted by atomic mass is 9.99. The van der Waals surface area contributed by atoms with E-state index in [1.807, 2.05) is 13.0 Å². The number of amides is 2. The standard InChI is InChI=1S/C12H17N3O4/c1-8-5-15(7-10(8)11(16)17)12(18)14-2-3-19-9(4-13)6-14/h8-10H,2-3,5-7H2,1H3,(H,16,17)/t8-,9?,10-/m1/s1. The number of carbonyl (C=O) groups is 2. The fourth-order valence-corrected chi connectivity index (χ4v) is 2.55. The Morgan fingerprint density at radius 3 is 2.63 bits per heavy atom. The number of carboxylic acid groups (broad SMARTS) is 1. The minimum Gasteiger partial charge on any atom is -0.481 e. The van der Waals surface area contributed by atoms with Crippen LogP contribution < -0.4 is 0 Å². The average Bonchev–Trinajstić information content (AvgIpc) is 2.80. The van der Waals surface area contributed by atoms with Gasteiger partial charge in [-0.05, 0) is 5.92 Å². The number of rotatable bonds is 1. The molecule has 0 aromatic carbocycles. The number of likely N-dealkylation sites (tertiary alicyclic amines) is 1. The summed E-state index contributed by atoms with van der Waals surface area (Å²) in [5, 5.41) is 17.9. The molecule has 0 saturated carbocycles. The second-order valence-corrected chi connectivity index (χ2v) is 5.04. The molecule has 2 amide bonds. The van der Waals surface area contributed by atoms with Crippen LogP contribution in [-0.2, 0) is 9.53 Å². The topological polar surface area (TPSA) is 93.9 Å². The molecule has 19 heavy (non-hydrogen) atoms. The highest BCUT2D eigenvalue weighted by Crippen LogP contribution is 2.24. The maximum Gasteiger partial charge on any atom is 0.320 e. The summed E-state index contributed by atoms with van der Waals surface area (Å²) in [6, 6.07) is 1.79. The molecule has 2 aliphatic heterocycles. The third-order valence-corrected chi connectivity index (χ3v) is 3.68. The monoisotopic (exact) mass is 267 g/mol. The second-order valence-electron chi connectivity index (χ2n) is 5.04. The summed E-state index contributed by atoms with van der Waals surface area (Å²) < 4.78 is 5.18. The van der Waals surface area contributed by atoms with Gasteiger partial charge < -0.3 is 19.6 Å². The molecular formula is C12H17N3O4. The van der Waals surface area contributed by atoms with Crippen LogP contribution in [0, 0.1) is 23.2 Å². The molecular weight excluding hydrogens is 250 g/mol. The third kappa shape index (κ3) is 2.79. The normalized spacial score (nSPS) is 31.1. The highest BCUT2D eigenvalue weighted by Gasteiger charge is 2.39. The van der Waals surface area contributed by atoms with Gasteiger partial charge in [-0.2, -0.15) is 5.26 Å². The Hall–Kier alpha value is -1.81. The molecule has 7 heteroatoms. The van der Waals surface area contributed by atoms with Crippen molar-refractivity contribution in [1.29, 1.82) is 5.26 Å². The zero-order chi connectivity index (χ0) is 14.0. The third-order valence-electron chi connectivity index (χ3n) is 3.68. The summed E-state index contributed by atoms with van der Waals surface area (Å²) >= 11 is 0. The van der Waals surface area contributed by atoms with Gasteiger partial charge in [-0.25, -0.2) is 4.79 Å². The molecule has 0 spiro atoms. The van der Waals surface area contributed by atoms with Crippen LogP contribution in [0.4, 0.5) is 4.79 Å². The number of nitriles is 1. The molecule has 7 nitrogen and oxygen atoms in total. The van der Waals surface area contributed by atoms with Gasteiger partial charge in [-0.1, -0.05) is 6.92 Å². The van der Waals surface area contributed by atoms with E-state index in [0.717, 1.165) is 0 Å². The van der Waals surface area contributed by atoms with Gasteiger partial charge in [0.05, 0.1) is 25.1 Å². The van der Waals surface area contributed by atoms with E-state index in [2.05, 4.69) is 0 Å². The predicted molar refractivity (Wildman–Crippen MR) is 64.2 cm³/mol. The lowest BCUT2D eigenvalue weighted by Gasteiger charge is -2.33. The Balaban J connectivity index is 1.97. The van der Waals surface area contributed by atoms with E-state index < -0.39 is 18.0 Å². The molecule has 1 N–H and O–H groups in total. The zero-order valence-electron chi connectivity index (χ0n) is 10.8. The van der Waals surface area contributed by atoms with Crippen LogP contribution in [-0.4, -0.2) is 65.8 Å². The molecule has 0 aromatic rings. The number of hydrogen-bond acceptors (Lipinski definition) is 4. The number of urea groups is 1. The number of hydrogen-bond donors (Lipinski definition) is 1. The van der Waals surface area contributed by atoms with E-state index >= 15 is 0 Å². The van der Waals surface area contributed by atoms with Crippen molar-refractivity contribution in [2.75, 3.05) is 32.8 Å². The molecule has 2 saturated heterocycles. The average molecular weight is 267 g/mol. The van der Waals surface area contributed by atoms with Crippen LogP contribution in [0.15, 0.2) is 0 Å². The van der Waals surface area contributed by atoms with Crippen molar-refractivity contribution in [2.45, 2.75) is 13.0 Å². The van der Waals surface area contributed by atoms with Crippen LogP contribution in [0.3, 0.4) is 0 Å². The highest BCUT2D eigenvalue weighted by atomic mass is 16.5. The van der Waals surface area contributed by atoms with E-state index in [1.165, 1.54) is 0 Å². The van der Waals surface area contributed by atoms with Crippen molar-refractivity contribution >= 4 is 12.0 Å². The molecule has 2 heterocycles. The van der Waals surface area contributed by atoms with Gasteiger partial charge in [-0.15, -0.1) is 0 Å². The molecule has 0 aromatic heterocycles. The van der Waals surface area contributed by atoms with Crippen molar-refractivity contribution < 1.29 is 19.4 Å². The molecule has 0 bridgehead atoms. The van der Waals surface area contributed by atoms with Gasteiger partial charge in [0.2, 0.25) is 0 Å². The summed E-state index contributed by atoms with van der Waals surface area (Å²) in [5.41, 5.74) is 0. The van der Waals surface area contributed by atoms with Crippen molar-refractivity contribution in [3.63, 3.8) is 0 Å². The zero-order valence-corrected chi connectivity index (χ0v) is 10.8. The second kappa shape index (κ2) is 5.45. The number of carbonyl (C=O) groups excluding carboxylic acids is 1. The van der Waals surface area contributed by atoms with Crippen molar-refractivity contribution in [2.24, 2.45) is 11.8 Å². The van der Waals surface area contributed by atoms with Gasteiger partial charge in [0.1, 0.15) is 0 Å². The number of carboxylic acids is 1. The first kappa shape index (κ1) is 13.6. The molecule has 3 atom stereocenters. The van der Waals surface area contributed by atoms with Crippen LogP contribution >= 0.6 is 0 Å². The first-order valence-corrected chi connectivity index (χ1v) is 6.30. The quantitative estimate of drug-likeness (QED) is 0.720. The number of morpholine rings is 1. The van der Waals surface area contributed by atoms with E-state index in [9.17, 15) is 9.59 Å². The van der Waals surface area contributed by atoms with Gasteiger partial charge >= 0.3 is 12.0 Å². The predicted octanol–water partition coefficient (Wildman–Crippen LogP) is -0.0167. The van der Waals surface area contributed by atoms with E-state index in [4.69, 9.17) is 15.1 Å². The largest absolute Gasteiger partial charge is 0.481 e. The summed E-state index contributed by atoms with van der Waals surface area (Å²) in [6.45, 7) is 3.56. The lowest BCUT2D eigenvalue weighted by molar-refractivity contribution is -0.142. The Morgan fingerprint density at radius 1 is 1.32 bits per heavy atom. The smallest absolute Gasteiger partial charge is 0.320 e. The van der Waals surface area contributed by atoms with Gasteiger partial charge in [0.15, 0.2) is 6.10 Å². The fourth-order valence-electron chi connectivity index (χ4n) is 2.55. The molecule has 1 unspecified atom stereocenters. The number of nitrogens with zero attached hydrogens (tertiary/aromatic N) is 3. The Bertz CT molecular complexity index is 420. The molecule has 104 valence electrons. The van der Waals surface area contributed by atoms with Crippen LogP contribution in [0.5, 0.6) is 0 Å². The van der Waals surface area contributed by atoms with Gasteiger partial charge in [0, 0.05) is 19.6 Å². The molecule has 0 aliphatic carbocycles. The summed E-state index contributed by atoms with van der Waals surface area (Å²) in [5.74, 6) is -1.41. The van der Waals surface area contributed by atoms with E-state index in [1.54, 1.807) is 9.80 Å². The maximum absolute atomic E-state index is 12.3. The first-order chi connectivity index (χ1) is 9.02. The SMILES string of the molecule is C[C@@H]1CN(C(=O)N2CCOC(C#N)C2)C[C@H]1C(=O)O. The van der Waals surface area contributed by atoms with Crippen molar-refractivity contribution in [3.05, 3.63) is 0 Å². The minimum atomic E-state index is -0.861. The van der Waals surface area contributed by atoms with Gasteiger partial charge in [0.25, 0.3) is 0 Å². The van der Waals surface area contributed by atoms with Crippen LogP contribution in [0.1, 0.15) is 6.92 Å². The molecule has 0 radical (unpaired) electrons.